The van der Waals surface area contributed by atoms with E-state index in [0.29, 0.717) is 24.0 Å². The van der Waals surface area contributed by atoms with E-state index in [-0.39, 0.29) is 11.3 Å². The molecule has 1 aromatic rings. The van der Waals surface area contributed by atoms with Crippen molar-refractivity contribution in [3.05, 3.63) is 52.6 Å². The van der Waals surface area contributed by atoms with Crippen LogP contribution in [0, 0.1) is 29.1 Å². The van der Waals surface area contributed by atoms with E-state index in [1.807, 2.05) is 13.0 Å². The van der Waals surface area contributed by atoms with Crippen LogP contribution in [0.1, 0.15) is 83.1 Å². The summed E-state index contributed by atoms with van der Waals surface area (Å²) in [5.41, 5.74) is 5.94. The lowest BCUT2D eigenvalue weighted by atomic mass is 9.51. The highest BCUT2D eigenvalue weighted by atomic mass is 16.3. The Bertz CT molecular complexity index is 1130. The Kier molecular flexibility index (Phi) is 5.30. The highest BCUT2D eigenvalue weighted by molar-refractivity contribution is 5.93. The number of allylic oxidation sites excluding steroid dienone is 4. The van der Waals surface area contributed by atoms with Gasteiger partial charge in [0.15, 0.2) is 5.78 Å². The highest BCUT2D eigenvalue weighted by Crippen LogP contribution is 2.66. The molecule has 5 atom stereocenters. The van der Waals surface area contributed by atoms with Gasteiger partial charge >= 0.3 is 0 Å². The first-order valence-electron chi connectivity index (χ1n) is 13.4. The minimum absolute atomic E-state index is 0.214. The van der Waals surface area contributed by atoms with Crippen LogP contribution in [0.5, 0.6) is 0 Å². The third kappa shape index (κ3) is 3.25. The lowest BCUT2D eigenvalue weighted by molar-refractivity contribution is -0.114. The second-order valence-electron chi connectivity index (χ2n) is 11.6. The molecule has 3 fully saturated rings. The van der Waals surface area contributed by atoms with Gasteiger partial charge in [0.05, 0.1) is 0 Å². The van der Waals surface area contributed by atoms with Gasteiger partial charge in [0, 0.05) is 36.5 Å². The van der Waals surface area contributed by atoms with Crippen LogP contribution < -0.4 is 4.90 Å². The number of hydrogen-bond donors (Lipinski definition) is 1. The number of ketones is 1. The van der Waals surface area contributed by atoms with Crippen LogP contribution in [0.15, 0.2) is 47.1 Å². The molecule has 0 aromatic heterocycles. The van der Waals surface area contributed by atoms with Crippen LogP contribution in [0.25, 0.3) is 0 Å². The van der Waals surface area contributed by atoms with Gasteiger partial charge in [-0.25, -0.2) is 0 Å². The third-order valence-electron chi connectivity index (χ3n) is 9.98. The summed E-state index contributed by atoms with van der Waals surface area (Å²) in [5, 5.41) is 11.8. The number of hydrogen-bond acceptors (Lipinski definition) is 3. The molecular formula is C31H37NO2. The summed E-state index contributed by atoms with van der Waals surface area (Å²) < 4.78 is 0. The molecule has 1 heterocycles. The zero-order valence-electron chi connectivity index (χ0n) is 20.7. The predicted molar refractivity (Wildman–Crippen MR) is 137 cm³/mol. The van der Waals surface area contributed by atoms with Crippen LogP contribution in [0.2, 0.25) is 0 Å². The van der Waals surface area contributed by atoms with Gasteiger partial charge in [0.25, 0.3) is 0 Å². The molecule has 2 saturated carbocycles. The van der Waals surface area contributed by atoms with E-state index < -0.39 is 5.60 Å². The number of anilines is 1. The first-order chi connectivity index (χ1) is 16.4. The van der Waals surface area contributed by atoms with E-state index in [2.05, 4.69) is 47.9 Å². The summed E-state index contributed by atoms with van der Waals surface area (Å²) in [7, 11) is 0. The Morgan fingerprint density at radius 3 is 2.56 bits per heavy atom. The molecule has 1 aromatic carbocycles. The lowest BCUT2D eigenvalue weighted by Gasteiger charge is -2.53. The van der Waals surface area contributed by atoms with Gasteiger partial charge in [-0.05, 0) is 105 Å². The maximum absolute atomic E-state index is 12.2. The van der Waals surface area contributed by atoms with E-state index >= 15 is 0 Å². The fraction of sp³-hybridized carbons (Fsp3) is 0.581. The van der Waals surface area contributed by atoms with E-state index in [9.17, 15) is 9.90 Å². The van der Waals surface area contributed by atoms with Crippen LogP contribution in [0.4, 0.5) is 5.69 Å². The predicted octanol–water partition coefficient (Wildman–Crippen LogP) is 5.94. The molecule has 6 rings (SSSR count). The third-order valence-corrected chi connectivity index (χ3v) is 9.98. The number of carbonyl (C=O) groups excluding carboxylic acids is 1. The van der Waals surface area contributed by atoms with Crippen molar-refractivity contribution in [3.63, 3.8) is 0 Å². The fourth-order valence-electron chi connectivity index (χ4n) is 8.27. The second-order valence-corrected chi connectivity index (χ2v) is 11.6. The lowest BCUT2D eigenvalue weighted by Crippen LogP contribution is -2.51. The Balaban J connectivity index is 1.46. The molecule has 0 amide bonds. The van der Waals surface area contributed by atoms with E-state index in [1.54, 1.807) is 5.57 Å². The molecule has 1 saturated heterocycles. The second kappa shape index (κ2) is 8.13. The molecule has 178 valence electrons. The quantitative estimate of drug-likeness (QED) is 0.561. The Morgan fingerprint density at radius 2 is 1.82 bits per heavy atom. The minimum Gasteiger partial charge on any atom is -0.377 e. The molecule has 0 spiro atoms. The van der Waals surface area contributed by atoms with Crippen molar-refractivity contribution in [2.45, 2.75) is 83.2 Å². The van der Waals surface area contributed by atoms with Gasteiger partial charge in [-0.3, -0.25) is 4.79 Å². The fourth-order valence-corrected chi connectivity index (χ4v) is 8.27. The first kappa shape index (κ1) is 22.2. The van der Waals surface area contributed by atoms with Gasteiger partial charge < -0.3 is 10.0 Å². The van der Waals surface area contributed by atoms with E-state index in [0.717, 1.165) is 51.6 Å². The molecule has 5 aliphatic rings. The van der Waals surface area contributed by atoms with E-state index in [4.69, 9.17) is 0 Å². The highest BCUT2D eigenvalue weighted by Gasteiger charge is 2.62. The van der Waals surface area contributed by atoms with Gasteiger partial charge in [0.1, 0.15) is 5.60 Å². The molecule has 1 aliphatic heterocycles. The monoisotopic (exact) mass is 455 g/mol. The smallest absolute Gasteiger partial charge is 0.156 e. The van der Waals surface area contributed by atoms with Crippen LogP contribution in [-0.2, 0) is 4.79 Å². The SMILES string of the molecule is CC#C[C@]1(O)CC[C@H]2[C@@H]3CCC4=CC(=O)CCC4=C3[C@@H](c3ccc(N4CCCC4)cc3)C[C@@]21C. The summed E-state index contributed by atoms with van der Waals surface area (Å²) in [6.45, 7) is 6.49. The standard InChI is InChI=1S/C31H37NO2/c1-3-15-31(34)16-14-28-26-12-8-22-19-24(33)11-13-25(22)29(26)27(20-30(28,31)2)21-6-9-23(10-7-21)32-17-4-5-18-32/h6-7,9-10,19,26-28,34H,4-5,8,11-14,16-18,20H2,1-2H3/t26-,27+,28-,30-,31-/m0/s1. The van der Waals surface area contributed by atoms with Gasteiger partial charge in [-0.2, -0.15) is 0 Å². The maximum Gasteiger partial charge on any atom is 0.156 e. The number of benzene rings is 1. The molecule has 34 heavy (non-hydrogen) atoms. The van der Waals surface area contributed by atoms with Crippen molar-refractivity contribution >= 4 is 11.5 Å². The number of aliphatic hydroxyl groups is 1. The summed E-state index contributed by atoms with van der Waals surface area (Å²) >= 11 is 0. The average molecular weight is 456 g/mol. The zero-order chi connectivity index (χ0) is 23.5. The Labute approximate surface area is 204 Å². The van der Waals surface area contributed by atoms with Crippen molar-refractivity contribution in [2.75, 3.05) is 18.0 Å². The van der Waals surface area contributed by atoms with Gasteiger partial charge in [-0.1, -0.05) is 30.6 Å². The van der Waals surface area contributed by atoms with Crippen molar-refractivity contribution in [2.24, 2.45) is 17.3 Å². The van der Waals surface area contributed by atoms with Crippen molar-refractivity contribution in [1.29, 1.82) is 0 Å². The van der Waals surface area contributed by atoms with Crippen molar-refractivity contribution in [3.8, 4) is 11.8 Å². The topological polar surface area (TPSA) is 40.5 Å². The van der Waals surface area contributed by atoms with Crippen LogP contribution >= 0.6 is 0 Å². The van der Waals surface area contributed by atoms with Gasteiger partial charge in [-0.15, -0.1) is 5.92 Å². The summed E-state index contributed by atoms with van der Waals surface area (Å²) in [5.74, 6) is 7.84. The zero-order valence-corrected chi connectivity index (χ0v) is 20.7. The molecule has 0 bridgehead atoms. The Hall–Kier alpha value is -2.31. The minimum atomic E-state index is -0.908. The van der Waals surface area contributed by atoms with Crippen molar-refractivity contribution in [1.82, 2.24) is 0 Å². The molecular weight excluding hydrogens is 418 g/mol. The van der Waals surface area contributed by atoms with E-state index in [1.165, 1.54) is 35.2 Å². The van der Waals surface area contributed by atoms with Crippen LogP contribution in [0.3, 0.4) is 0 Å². The normalized spacial score (nSPS) is 36.9. The number of nitrogens with zero attached hydrogens (tertiary/aromatic N) is 1. The molecule has 0 unspecified atom stereocenters. The molecule has 3 heteroatoms. The summed E-state index contributed by atoms with van der Waals surface area (Å²) in [6.07, 6.45) is 10.9. The van der Waals surface area contributed by atoms with Crippen molar-refractivity contribution < 1.29 is 9.90 Å². The number of fused-ring (bicyclic) bond motifs is 4. The number of carbonyl (C=O) groups is 1. The molecule has 1 N–H and O–H groups in total. The average Bonchev–Trinajstić information content (AvgIpc) is 3.46. The largest absolute Gasteiger partial charge is 0.377 e. The Morgan fingerprint density at radius 1 is 1.06 bits per heavy atom. The molecule has 0 radical (unpaired) electrons. The summed E-state index contributed by atoms with van der Waals surface area (Å²) in [6, 6.07) is 9.31. The summed E-state index contributed by atoms with van der Waals surface area (Å²) in [4.78, 5) is 14.7. The number of rotatable bonds is 2. The molecule has 3 nitrogen and oxygen atoms in total. The maximum atomic E-state index is 12.2. The van der Waals surface area contributed by atoms with Gasteiger partial charge in [0.2, 0.25) is 0 Å². The first-order valence-corrected chi connectivity index (χ1v) is 13.4. The van der Waals surface area contributed by atoms with Crippen LogP contribution in [-0.4, -0.2) is 29.6 Å². The molecule has 4 aliphatic carbocycles.